The van der Waals surface area contributed by atoms with Gasteiger partial charge in [0.05, 0.1) is 24.0 Å². The lowest BCUT2D eigenvalue weighted by Crippen LogP contribution is -2.40. The maximum absolute atomic E-state index is 13.4. The first-order chi connectivity index (χ1) is 18.3. The van der Waals surface area contributed by atoms with E-state index in [2.05, 4.69) is 30.3 Å². The molecule has 0 radical (unpaired) electrons. The van der Waals surface area contributed by atoms with E-state index in [1.807, 2.05) is 20.8 Å². The van der Waals surface area contributed by atoms with Crippen LogP contribution in [-0.2, 0) is 0 Å². The fourth-order valence-corrected chi connectivity index (χ4v) is 4.31. The van der Waals surface area contributed by atoms with Gasteiger partial charge in [-0.25, -0.2) is 18.7 Å². The molecular weight excluding hydrogens is 518 g/mol. The first-order valence-corrected chi connectivity index (χ1v) is 12.5. The number of hydrogen-bond donors (Lipinski definition) is 4. The number of nitrogens with zero attached hydrogens (tertiary/aromatic N) is 3. The van der Waals surface area contributed by atoms with E-state index >= 15 is 0 Å². The highest BCUT2D eigenvalue weighted by atomic mass is 19.3. The van der Waals surface area contributed by atoms with Crippen molar-refractivity contribution in [3.05, 3.63) is 47.4 Å². The molecule has 0 atom stereocenters. The second-order valence-corrected chi connectivity index (χ2v) is 10.5. The molecule has 4 N–H and O–H groups in total. The molecule has 9 nitrogen and oxygen atoms in total. The van der Waals surface area contributed by atoms with Gasteiger partial charge in [0.15, 0.2) is 5.65 Å². The smallest absolute Gasteiger partial charge is 0.387 e. The van der Waals surface area contributed by atoms with Gasteiger partial charge in [-0.05, 0) is 45.4 Å². The summed E-state index contributed by atoms with van der Waals surface area (Å²) in [5.41, 5.74) is 1.04. The SMILES string of the molecule is CC(C)(C)NC(=O)c1c[nH]c2ncc(C(=N)c3cc(OC(F)F)ccc3NCCCN3CCC(F)(F)C3)nc12. The van der Waals surface area contributed by atoms with Crippen molar-refractivity contribution in [2.45, 2.75) is 51.7 Å². The summed E-state index contributed by atoms with van der Waals surface area (Å²) in [5.74, 6) is -3.17. The number of amides is 1. The molecule has 3 heterocycles. The molecule has 0 unspecified atom stereocenters. The number of ether oxygens (including phenoxy) is 1. The maximum atomic E-state index is 13.4. The van der Waals surface area contributed by atoms with Gasteiger partial charge < -0.3 is 20.4 Å². The van der Waals surface area contributed by atoms with Gasteiger partial charge in [0.25, 0.3) is 11.8 Å². The molecule has 4 rings (SSSR count). The summed E-state index contributed by atoms with van der Waals surface area (Å²) in [5, 5.41) is 14.8. The number of hydrogen-bond acceptors (Lipinski definition) is 7. The van der Waals surface area contributed by atoms with E-state index in [0.717, 1.165) is 0 Å². The van der Waals surface area contributed by atoms with Crippen molar-refractivity contribution >= 4 is 28.5 Å². The number of fused-ring (bicyclic) bond motifs is 1. The second kappa shape index (κ2) is 11.2. The third-order valence-electron chi connectivity index (χ3n) is 6.07. The Bertz CT molecular complexity index is 1350. The third-order valence-corrected chi connectivity index (χ3v) is 6.07. The molecule has 0 aliphatic carbocycles. The average Bonchev–Trinajstić information content (AvgIpc) is 3.42. The number of alkyl halides is 4. The Kier molecular flexibility index (Phi) is 8.09. The highest BCUT2D eigenvalue weighted by molar-refractivity contribution is 6.14. The van der Waals surface area contributed by atoms with Gasteiger partial charge in [0.1, 0.15) is 17.0 Å². The Morgan fingerprint density at radius 2 is 2.05 bits per heavy atom. The van der Waals surface area contributed by atoms with E-state index in [9.17, 15) is 22.4 Å². The van der Waals surface area contributed by atoms with Crippen LogP contribution < -0.4 is 15.4 Å². The van der Waals surface area contributed by atoms with Crippen LogP contribution in [0.1, 0.15) is 55.2 Å². The van der Waals surface area contributed by atoms with Gasteiger partial charge >= 0.3 is 6.61 Å². The van der Waals surface area contributed by atoms with Crippen molar-refractivity contribution in [3.63, 3.8) is 0 Å². The molecule has 3 aromatic rings. The minimum Gasteiger partial charge on any atom is -0.435 e. The van der Waals surface area contributed by atoms with Crippen LogP contribution in [0.25, 0.3) is 11.2 Å². The molecule has 0 spiro atoms. The first-order valence-electron chi connectivity index (χ1n) is 12.5. The van der Waals surface area contributed by atoms with Crippen molar-refractivity contribution < 1.29 is 27.1 Å². The van der Waals surface area contributed by atoms with Gasteiger partial charge in [-0.2, -0.15) is 8.78 Å². The summed E-state index contributed by atoms with van der Waals surface area (Å²) >= 11 is 0. The largest absolute Gasteiger partial charge is 0.435 e. The zero-order valence-corrected chi connectivity index (χ0v) is 21.9. The van der Waals surface area contributed by atoms with Crippen molar-refractivity contribution in [2.75, 3.05) is 31.5 Å². The predicted molar refractivity (Wildman–Crippen MR) is 139 cm³/mol. The van der Waals surface area contributed by atoms with E-state index in [1.165, 1.54) is 30.6 Å². The zero-order valence-electron chi connectivity index (χ0n) is 21.9. The van der Waals surface area contributed by atoms with E-state index in [1.54, 1.807) is 4.90 Å². The molecule has 39 heavy (non-hydrogen) atoms. The second-order valence-electron chi connectivity index (χ2n) is 10.5. The highest BCUT2D eigenvalue weighted by Crippen LogP contribution is 2.28. The first kappa shape index (κ1) is 28.3. The van der Waals surface area contributed by atoms with Crippen LogP contribution in [-0.4, -0.2) is 75.7 Å². The van der Waals surface area contributed by atoms with Crippen LogP contribution in [0, 0.1) is 5.41 Å². The fraction of sp³-hybridized carbons (Fsp3) is 0.462. The molecule has 2 aromatic heterocycles. The summed E-state index contributed by atoms with van der Waals surface area (Å²) in [4.78, 5) is 26.1. The number of anilines is 1. The number of carbonyl (C=O) groups excluding carboxylic acids is 1. The summed E-state index contributed by atoms with van der Waals surface area (Å²) in [7, 11) is 0. The molecule has 1 aliphatic heterocycles. The number of likely N-dealkylation sites (tertiary alicyclic amines) is 1. The molecule has 1 aliphatic rings. The van der Waals surface area contributed by atoms with Crippen LogP contribution in [0.15, 0.2) is 30.6 Å². The number of rotatable bonds is 10. The van der Waals surface area contributed by atoms with Gasteiger partial charge in [0, 0.05) is 49.0 Å². The lowest BCUT2D eigenvalue weighted by atomic mass is 10.0. The van der Waals surface area contributed by atoms with E-state index in [0.29, 0.717) is 37.4 Å². The molecule has 0 bridgehead atoms. The Balaban J connectivity index is 1.56. The molecule has 1 amide bonds. The summed E-state index contributed by atoms with van der Waals surface area (Å²) in [6, 6.07) is 4.16. The minimum atomic E-state index is -3.05. The number of carbonyl (C=O) groups is 1. The predicted octanol–water partition coefficient (Wildman–Crippen LogP) is 4.65. The van der Waals surface area contributed by atoms with Gasteiger partial charge in [-0.15, -0.1) is 0 Å². The van der Waals surface area contributed by atoms with E-state index < -0.39 is 18.1 Å². The standard InChI is InChI=1S/C26H31F4N7O2/c1-25(2,3)36-23(38)17-12-33-22-21(17)35-19(13-34-22)20(31)16-11-15(39-24(27)28)5-6-18(16)32-8-4-9-37-10-7-26(29,30)14-37/h5-6,11-13,24,31-32H,4,7-10,14H2,1-3H3,(H,33,34)(H,36,38). The summed E-state index contributed by atoms with van der Waals surface area (Å²) in [6.45, 7) is 3.41. The molecule has 0 saturated carbocycles. The average molecular weight is 550 g/mol. The molecule has 13 heteroatoms. The number of halogens is 4. The zero-order chi connectivity index (χ0) is 28.4. The Labute approximate surface area is 222 Å². The Morgan fingerprint density at radius 1 is 1.28 bits per heavy atom. The van der Waals surface area contributed by atoms with Crippen LogP contribution >= 0.6 is 0 Å². The number of aromatic amines is 1. The maximum Gasteiger partial charge on any atom is 0.387 e. The molecule has 1 fully saturated rings. The van der Waals surface area contributed by atoms with Crippen molar-refractivity contribution in [2.24, 2.45) is 0 Å². The molecular formula is C26H31F4N7O2. The number of benzene rings is 1. The Morgan fingerprint density at radius 3 is 2.72 bits per heavy atom. The van der Waals surface area contributed by atoms with E-state index in [4.69, 9.17) is 5.41 Å². The lowest BCUT2D eigenvalue weighted by molar-refractivity contribution is -0.0498. The number of aromatic nitrogens is 3. The number of nitrogens with one attached hydrogen (secondary N) is 4. The minimum absolute atomic E-state index is 0.114. The molecule has 1 aromatic carbocycles. The van der Waals surface area contributed by atoms with Crippen LogP contribution in [0.4, 0.5) is 23.2 Å². The van der Waals surface area contributed by atoms with Crippen molar-refractivity contribution in [1.29, 1.82) is 5.41 Å². The highest BCUT2D eigenvalue weighted by Gasteiger charge is 2.37. The van der Waals surface area contributed by atoms with E-state index in [-0.39, 0.29) is 52.7 Å². The fourth-order valence-electron chi connectivity index (χ4n) is 4.31. The topological polar surface area (TPSA) is 119 Å². The monoisotopic (exact) mass is 549 g/mol. The molecule has 1 saturated heterocycles. The van der Waals surface area contributed by atoms with Gasteiger partial charge in [-0.1, -0.05) is 0 Å². The third kappa shape index (κ3) is 7.22. The summed E-state index contributed by atoms with van der Waals surface area (Å²) < 4.78 is 57.2. The number of H-pyrrole nitrogens is 1. The lowest BCUT2D eigenvalue weighted by Gasteiger charge is -2.20. The van der Waals surface area contributed by atoms with Crippen LogP contribution in [0.5, 0.6) is 5.75 Å². The quantitative estimate of drug-likeness (QED) is 0.166. The van der Waals surface area contributed by atoms with Crippen LogP contribution in [0.2, 0.25) is 0 Å². The van der Waals surface area contributed by atoms with Gasteiger partial charge in [-0.3, -0.25) is 15.1 Å². The van der Waals surface area contributed by atoms with Crippen molar-refractivity contribution in [1.82, 2.24) is 25.2 Å². The Hall–Kier alpha value is -3.74. The summed E-state index contributed by atoms with van der Waals surface area (Å²) in [6.07, 6.45) is 3.24. The van der Waals surface area contributed by atoms with Crippen LogP contribution in [0.3, 0.4) is 0 Å². The van der Waals surface area contributed by atoms with Crippen molar-refractivity contribution in [3.8, 4) is 5.75 Å². The molecule has 210 valence electrons. The van der Waals surface area contributed by atoms with Gasteiger partial charge in [0.2, 0.25) is 0 Å². The normalized spacial score (nSPS) is 15.6.